The molecule has 2 heterocycles. The fourth-order valence-electron chi connectivity index (χ4n) is 5.76. The molecule has 3 aromatic carbocycles. The average molecular weight is 559 g/mol. The van der Waals surface area contributed by atoms with Crippen LogP contribution in [0.5, 0.6) is 17.2 Å². The fourth-order valence-corrected chi connectivity index (χ4v) is 5.76. The van der Waals surface area contributed by atoms with Crippen LogP contribution >= 0.6 is 0 Å². The molecular weight excluding hydrogens is 520 g/mol. The van der Waals surface area contributed by atoms with Gasteiger partial charge in [0.25, 0.3) is 0 Å². The number of ether oxygens (including phenoxy) is 2. The fraction of sp³-hybridized carbons (Fsp3) is 0.406. The third-order valence-corrected chi connectivity index (χ3v) is 8.15. The SMILES string of the molecule is COc1cc(NC2CCN(C(=O)CCN3CCC(c4ccc(Oc5ccccc5)cc4)CC3)CC2)ccc1[N+](=O)[O-]. The summed E-state index contributed by atoms with van der Waals surface area (Å²) in [4.78, 5) is 28.0. The zero-order chi connectivity index (χ0) is 28.6. The smallest absolute Gasteiger partial charge is 0.311 e. The second kappa shape index (κ2) is 13.5. The van der Waals surface area contributed by atoms with E-state index in [-0.39, 0.29) is 23.4 Å². The van der Waals surface area contributed by atoms with Gasteiger partial charge in [-0.1, -0.05) is 30.3 Å². The molecule has 2 aliphatic heterocycles. The number of hydrogen-bond donors (Lipinski definition) is 1. The number of methoxy groups -OCH3 is 1. The maximum absolute atomic E-state index is 12.9. The summed E-state index contributed by atoms with van der Waals surface area (Å²) in [6, 6.07) is 23.3. The highest BCUT2D eigenvalue weighted by molar-refractivity contribution is 5.76. The van der Waals surface area contributed by atoms with Crippen molar-refractivity contribution in [2.45, 2.75) is 44.1 Å². The highest BCUT2D eigenvalue weighted by Crippen LogP contribution is 2.32. The Hall–Kier alpha value is -4.11. The number of carbonyl (C=O) groups excluding carboxylic acids is 1. The lowest BCUT2D eigenvalue weighted by atomic mass is 9.89. The third kappa shape index (κ3) is 7.55. The second-order valence-corrected chi connectivity index (χ2v) is 10.8. The van der Waals surface area contributed by atoms with Gasteiger partial charge >= 0.3 is 5.69 Å². The quantitative estimate of drug-likeness (QED) is 0.238. The summed E-state index contributed by atoms with van der Waals surface area (Å²) in [6.45, 7) is 4.24. The number of carbonyl (C=O) groups is 1. The van der Waals surface area contributed by atoms with Crippen molar-refractivity contribution in [1.82, 2.24) is 9.80 Å². The molecule has 2 aliphatic rings. The van der Waals surface area contributed by atoms with Gasteiger partial charge in [-0.25, -0.2) is 0 Å². The topological polar surface area (TPSA) is 97.2 Å². The number of para-hydroxylation sites is 1. The Morgan fingerprint density at radius 1 is 0.927 bits per heavy atom. The Balaban J connectivity index is 1.01. The van der Waals surface area contributed by atoms with Gasteiger partial charge in [-0.15, -0.1) is 0 Å². The molecule has 0 unspecified atom stereocenters. The third-order valence-electron chi connectivity index (χ3n) is 8.15. The van der Waals surface area contributed by atoms with Gasteiger partial charge in [0.1, 0.15) is 11.5 Å². The van der Waals surface area contributed by atoms with Crippen LogP contribution in [0.4, 0.5) is 11.4 Å². The van der Waals surface area contributed by atoms with Crippen molar-refractivity contribution in [3.8, 4) is 17.2 Å². The van der Waals surface area contributed by atoms with E-state index in [4.69, 9.17) is 9.47 Å². The zero-order valence-electron chi connectivity index (χ0n) is 23.5. The number of benzene rings is 3. The van der Waals surface area contributed by atoms with Gasteiger partial charge in [-0.05, 0) is 80.6 Å². The molecule has 0 saturated carbocycles. The van der Waals surface area contributed by atoms with E-state index in [9.17, 15) is 14.9 Å². The number of anilines is 1. The first-order chi connectivity index (χ1) is 20.0. The predicted molar refractivity (Wildman–Crippen MR) is 159 cm³/mol. The molecule has 0 spiro atoms. The molecule has 2 saturated heterocycles. The van der Waals surface area contributed by atoms with Crippen LogP contribution in [0.1, 0.15) is 43.6 Å². The van der Waals surface area contributed by atoms with E-state index in [1.807, 2.05) is 35.2 Å². The molecule has 0 aliphatic carbocycles. The van der Waals surface area contributed by atoms with E-state index in [2.05, 4.69) is 34.5 Å². The molecular formula is C32H38N4O5. The standard InChI is InChI=1S/C32H38N4O5/c1-40-31-23-27(9-12-30(31)36(38)39)33-26-15-21-35(22-16-26)32(37)17-20-34-18-13-25(14-19-34)24-7-10-29(11-8-24)41-28-5-3-2-4-6-28/h2-12,23,25-26,33H,13-22H2,1H3. The zero-order valence-corrected chi connectivity index (χ0v) is 23.5. The molecule has 9 heteroatoms. The highest BCUT2D eigenvalue weighted by Gasteiger charge is 2.25. The summed E-state index contributed by atoms with van der Waals surface area (Å²) < 4.78 is 11.1. The Morgan fingerprint density at radius 3 is 2.27 bits per heavy atom. The van der Waals surface area contributed by atoms with Crippen LogP contribution in [0.3, 0.4) is 0 Å². The van der Waals surface area contributed by atoms with Gasteiger partial charge in [0.15, 0.2) is 5.75 Å². The minimum Gasteiger partial charge on any atom is -0.490 e. The van der Waals surface area contributed by atoms with Gasteiger partial charge in [0, 0.05) is 49.9 Å². The van der Waals surface area contributed by atoms with Crippen molar-refractivity contribution in [2.24, 2.45) is 0 Å². The van der Waals surface area contributed by atoms with Crippen molar-refractivity contribution in [3.05, 3.63) is 88.5 Å². The van der Waals surface area contributed by atoms with E-state index >= 15 is 0 Å². The Kier molecular flexibility index (Phi) is 9.36. The summed E-state index contributed by atoms with van der Waals surface area (Å²) in [5.41, 5.74) is 2.09. The number of piperidine rings is 2. The van der Waals surface area contributed by atoms with E-state index in [1.165, 1.54) is 18.7 Å². The second-order valence-electron chi connectivity index (χ2n) is 10.8. The minimum absolute atomic E-state index is 0.0500. The van der Waals surface area contributed by atoms with E-state index in [0.29, 0.717) is 25.4 Å². The first kappa shape index (κ1) is 28.4. The van der Waals surface area contributed by atoms with Crippen LogP contribution < -0.4 is 14.8 Å². The van der Waals surface area contributed by atoms with Crippen LogP contribution in [-0.4, -0.2) is 66.5 Å². The van der Waals surface area contributed by atoms with E-state index in [1.54, 1.807) is 12.1 Å². The largest absolute Gasteiger partial charge is 0.490 e. The lowest BCUT2D eigenvalue weighted by Crippen LogP contribution is -2.43. The molecule has 0 bridgehead atoms. The molecule has 0 aromatic heterocycles. The molecule has 1 amide bonds. The van der Waals surface area contributed by atoms with Crippen LogP contribution in [0.15, 0.2) is 72.8 Å². The molecule has 41 heavy (non-hydrogen) atoms. The van der Waals surface area contributed by atoms with Crippen molar-refractivity contribution in [2.75, 3.05) is 45.2 Å². The molecule has 216 valence electrons. The predicted octanol–water partition coefficient (Wildman–Crippen LogP) is 6.07. The maximum atomic E-state index is 12.9. The van der Waals surface area contributed by atoms with Crippen molar-refractivity contribution < 1.29 is 19.2 Å². The maximum Gasteiger partial charge on any atom is 0.311 e. The Labute approximate surface area is 241 Å². The normalized spacial score (nSPS) is 16.8. The van der Waals surface area contributed by atoms with Crippen LogP contribution in [0.25, 0.3) is 0 Å². The van der Waals surface area contributed by atoms with E-state index in [0.717, 1.165) is 62.5 Å². The van der Waals surface area contributed by atoms with Crippen molar-refractivity contribution in [3.63, 3.8) is 0 Å². The van der Waals surface area contributed by atoms with Gasteiger partial charge in [-0.3, -0.25) is 14.9 Å². The minimum atomic E-state index is -0.448. The number of amides is 1. The molecule has 5 rings (SSSR count). The number of nitrogens with zero attached hydrogens (tertiary/aromatic N) is 3. The van der Waals surface area contributed by atoms with E-state index < -0.39 is 4.92 Å². The first-order valence-electron chi connectivity index (χ1n) is 14.4. The molecule has 2 fully saturated rings. The van der Waals surface area contributed by atoms with Gasteiger partial charge in [-0.2, -0.15) is 0 Å². The summed E-state index contributed by atoms with van der Waals surface area (Å²) in [5.74, 6) is 2.68. The average Bonchev–Trinajstić information content (AvgIpc) is 3.01. The lowest BCUT2D eigenvalue weighted by Gasteiger charge is -2.35. The number of hydrogen-bond acceptors (Lipinski definition) is 7. The summed E-state index contributed by atoms with van der Waals surface area (Å²) in [5, 5.41) is 14.6. The number of nitro groups is 1. The molecule has 1 N–H and O–H groups in total. The van der Waals surface area contributed by atoms with Gasteiger partial charge in [0.05, 0.1) is 12.0 Å². The Morgan fingerprint density at radius 2 is 1.61 bits per heavy atom. The molecule has 9 nitrogen and oxygen atoms in total. The van der Waals surface area contributed by atoms with Gasteiger partial charge in [0.2, 0.25) is 5.91 Å². The first-order valence-corrected chi connectivity index (χ1v) is 14.4. The summed E-state index contributed by atoms with van der Waals surface area (Å²) >= 11 is 0. The van der Waals surface area contributed by atoms with Gasteiger partial charge < -0.3 is 24.6 Å². The molecule has 0 atom stereocenters. The monoisotopic (exact) mass is 558 g/mol. The molecule has 0 radical (unpaired) electrons. The number of likely N-dealkylation sites (tertiary alicyclic amines) is 2. The number of nitro benzene ring substituents is 1. The lowest BCUT2D eigenvalue weighted by molar-refractivity contribution is -0.385. The Bertz CT molecular complexity index is 1300. The van der Waals surface area contributed by atoms with Crippen molar-refractivity contribution >= 4 is 17.3 Å². The highest BCUT2D eigenvalue weighted by atomic mass is 16.6. The van der Waals surface area contributed by atoms with Crippen LogP contribution in [0, 0.1) is 10.1 Å². The summed E-state index contributed by atoms with van der Waals surface area (Å²) in [6.07, 6.45) is 4.42. The number of rotatable bonds is 10. The molecule has 3 aromatic rings. The summed E-state index contributed by atoms with van der Waals surface area (Å²) in [7, 11) is 1.43. The number of nitrogens with one attached hydrogen (secondary N) is 1. The van der Waals surface area contributed by atoms with Crippen molar-refractivity contribution in [1.29, 1.82) is 0 Å². The van der Waals surface area contributed by atoms with Crippen LogP contribution in [-0.2, 0) is 4.79 Å². The van der Waals surface area contributed by atoms with Crippen LogP contribution in [0.2, 0.25) is 0 Å².